The Labute approximate surface area is 168 Å². The van der Waals surface area contributed by atoms with E-state index in [0.717, 1.165) is 11.4 Å². The molecule has 1 amide bonds. The Morgan fingerprint density at radius 3 is 2.48 bits per heavy atom. The lowest BCUT2D eigenvalue weighted by Gasteiger charge is -2.36. The van der Waals surface area contributed by atoms with Gasteiger partial charge in [0.25, 0.3) is 5.91 Å². The maximum absolute atomic E-state index is 13.1. The van der Waals surface area contributed by atoms with E-state index in [0.29, 0.717) is 44.4 Å². The SMILES string of the molecule is O=C(c1ccnc(NCc2ccccn2)n1)N1CCN(c2ccc(F)cc2)CC1. The summed E-state index contributed by atoms with van der Waals surface area (Å²) >= 11 is 0. The van der Waals surface area contributed by atoms with Gasteiger partial charge in [-0.15, -0.1) is 0 Å². The molecule has 0 saturated carbocycles. The molecule has 2 aromatic heterocycles. The van der Waals surface area contributed by atoms with E-state index < -0.39 is 0 Å². The molecule has 0 aliphatic carbocycles. The van der Waals surface area contributed by atoms with Gasteiger partial charge in [-0.05, 0) is 42.5 Å². The highest BCUT2D eigenvalue weighted by Crippen LogP contribution is 2.18. The lowest BCUT2D eigenvalue weighted by Crippen LogP contribution is -2.49. The lowest BCUT2D eigenvalue weighted by molar-refractivity contribution is 0.0741. The zero-order chi connectivity index (χ0) is 20.1. The van der Waals surface area contributed by atoms with Crippen LogP contribution in [0.15, 0.2) is 60.9 Å². The van der Waals surface area contributed by atoms with Gasteiger partial charge in [0.2, 0.25) is 5.95 Å². The minimum atomic E-state index is -0.251. The van der Waals surface area contributed by atoms with Crippen LogP contribution in [0, 0.1) is 5.82 Å². The zero-order valence-electron chi connectivity index (χ0n) is 15.8. The molecule has 0 spiro atoms. The molecule has 3 aromatic rings. The minimum absolute atomic E-state index is 0.118. The molecule has 1 aliphatic heterocycles. The third kappa shape index (κ3) is 4.66. The number of rotatable bonds is 5. The van der Waals surface area contributed by atoms with Crippen LogP contribution >= 0.6 is 0 Å². The molecule has 1 fully saturated rings. The summed E-state index contributed by atoms with van der Waals surface area (Å²) in [6.07, 6.45) is 3.30. The molecule has 1 saturated heterocycles. The highest BCUT2D eigenvalue weighted by molar-refractivity contribution is 5.92. The number of pyridine rings is 1. The number of benzene rings is 1. The smallest absolute Gasteiger partial charge is 0.272 e. The van der Waals surface area contributed by atoms with Gasteiger partial charge in [-0.25, -0.2) is 14.4 Å². The fourth-order valence-electron chi connectivity index (χ4n) is 3.22. The van der Waals surface area contributed by atoms with E-state index in [1.165, 1.54) is 12.1 Å². The van der Waals surface area contributed by atoms with Crippen LogP contribution in [-0.2, 0) is 6.54 Å². The Kier molecular flexibility index (Phi) is 5.60. The summed E-state index contributed by atoms with van der Waals surface area (Å²) in [5.41, 5.74) is 2.19. The minimum Gasteiger partial charge on any atom is -0.368 e. The number of nitrogens with one attached hydrogen (secondary N) is 1. The van der Waals surface area contributed by atoms with Crippen LogP contribution < -0.4 is 10.2 Å². The van der Waals surface area contributed by atoms with Crippen LogP contribution in [0.1, 0.15) is 16.2 Å². The van der Waals surface area contributed by atoms with Crippen molar-refractivity contribution < 1.29 is 9.18 Å². The zero-order valence-corrected chi connectivity index (χ0v) is 15.8. The van der Waals surface area contributed by atoms with Crippen molar-refractivity contribution in [2.75, 3.05) is 36.4 Å². The first-order valence-corrected chi connectivity index (χ1v) is 9.46. The second kappa shape index (κ2) is 8.64. The fraction of sp³-hybridized carbons (Fsp3) is 0.238. The number of anilines is 2. The van der Waals surface area contributed by atoms with E-state index in [1.807, 2.05) is 18.2 Å². The third-order valence-electron chi connectivity index (χ3n) is 4.79. The molecule has 1 aromatic carbocycles. The molecule has 7 nitrogen and oxygen atoms in total. The number of aromatic nitrogens is 3. The molecule has 1 aliphatic rings. The van der Waals surface area contributed by atoms with Crippen LogP contribution in [0.3, 0.4) is 0 Å². The van der Waals surface area contributed by atoms with Crippen molar-refractivity contribution in [2.45, 2.75) is 6.54 Å². The summed E-state index contributed by atoms with van der Waals surface area (Å²) in [7, 11) is 0. The van der Waals surface area contributed by atoms with Gasteiger partial charge in [0.15, 0.2) is 0 Å². The molecule has 4 rings (SSSR count). The molecule has 0 atom stereocenters. The maximum Gasteiger partial charge on any atom is 0.272 e. The number of amides is 1. The first-order chi connectivity index (χ1) is 14.2. The van der Waals surface area contributed by atoms with E-state index in [1.54, 1.807) is 35.5 Å². The summed E-state index contributed by atoms with van der Waals surface area (Å²) in [6, 6.07) is 13.7. The van der Waals surface area contributed by atoms with Crippen LogP contribution in [0.25, 0.3) is 0 Å². The molecule has 3 heterocycles. The molecule has 0 bridgehead atoms. The topological polar surface area (TPSA) is 74.2 Å². The third-order valence-corrected chi connectivity index (χ3v) is 4.79. The normalized spacial score (nSPS) is 14.0. The predicted octanol–water partition coefficient (Wildman–Crippen LogP) is 2.59. The summed E-state index contributed by atoms with van der Waals surface area (Å²) in [5, 5.41) is 3.10. The van der Waals surface area contributed by atoms with Gasteiger partial charge in [0.05, 0.1) is 12.2 Å². The van der Waals surface area contributed by atoms with Gasteiger partial charge in [-0.3, -0.25) is 9.78 Å². The number of carbonyl (C=O) groups excluding carboxylic acids is 1. The summed E-state index contributed by atoms with van der Waals surface area (Å²) in [4.78, 5) is 29.5. The number of halogens is 1. The van der Waals surface area contributed by atoms with Crippen molar-refractivity contribution in [3.8, 4) is 0 Å². The first-order valence-electron chi connectivity index (χ1n) is 9.46. The molecular formula is C21H21FN6O. The number of piperazine rings is 1. The predicted molar refractivity (Wildman–Crippen MR) is 108 cm³/mol. The monoisotopic (exact) mass is 392 g/mol. The van der Waals surface area contributed by atoms with Crippen LogP contribution in [0.5, 0.6) is 0 Å². The van der Waals surface area contributed by atoms with E-state index in [9.17, 15) is 9.18 Å². The second-order valence-corrected chi connectivity index (χ2v) is 6.70. The van der Waals surface area contributed by atoms with E-state index in [4.69, 9.17) is 0 Å². The average Bonchev–Trinajstić information content (AvgIpc) is 2.79. The molecule has 8 heteroatoms. The van der Waals surface area contributed by atoms with Gasteiger partial charge in [0, 0.05) is 44.3 Å². The standard InChI is InChI=1S/C21H21FN6O/c22-16-4-6-18(7-5-16)27-11-13-28(14-12-27)20(29)19-8-10-24-21(26-19)25-15-17-3-1-2-9-23-17/h1-10H,11-15H2,(H,24,25,26). The Bertz CT molecular complexity index is 958. The van der Waals surface area contributed by atoms with Gasteiger partial charge < -0.3 is 15.1 Å². The van der Waals surface area contributed by atoms with Crippen LogP contribution in [0.2, 0.25) is 0 Å². The van der Waals surface area contributed by atoms with Crippen molar-refractivity contribution in [1.82, 2.24) is 19.9 Å². The molecule has 148 valence electrons. The fourth-order valence-corrected chi connectivity index (χ4v) is 3.22. The Morgan fingerprint density at radius 2 is 1.76 bits per heavy atom. The lowest BCUT2D eigenvalue weighted by atomic mass is 10.2. The number of carbonyl (C=O) groups is 1. The van der Waals surface area contributed by atoms with Crippen molar-refractivity contribution in [3.63, 3.8) is 0 Å². The second-order valence-electron chi connectivity index (χ2n) is 6.70. The maximum atomic E-state index is 13.1. The molecular weight excluding hydrogens is 371 g/mol. The molecule has 29 heavy (non-hydrogen) atoms. The van der Waals surface area contributed by atoms with Gasteiger partial charge in [-0.2, -0.15) is 0 Å². The van der Waals surface area contributed by atoms with Crippen molar-refractivity contribution in [1.29, 1.82) is 0 Å². The summed E-state index contributed by atoms with van der Waals surface area (Å²) < 4.78 is 13.1. The van der Waals surface area contributed by atoms with Crippen molar-refractivity contribution >= 4 is 17.5 Å². The largest absolute Gasteiger partial charge is 0.368 e. The summed E-state index contributed by atoms with van der Waals surface area (Å²) in [5.74, 6) is 0.0253. The Balaban J connectivity index is 1.35. The molecule has 0 unspecified atom stereocenters. The highest BCUT2D eigenvalue weighted by atomic mass is 19.1. The molecule has 1 N–H and O–H groups in total. The quantitative estimate of drug-likeness (QED) is 0.720. The van der Waals surface area contributed by atoms with Gasteiger partial charge >= 0.3 is 0 Å². The van der Waals surface area contributed by atoms with Crippen molar-refractivity contribution in [2.24, 2.45) is 0 Å². The molecule has 0 radical (unpaired) electrons. The van der Waals surface area contributed by atoms with Gasteiger partial charge in [0.1, 0.15) is 11.5 Å². The number of nitrogens with zero attached hydrogens (tertiary/aromatic N) is 5. The van der Waals surface area contributed by atoms with Crippen LogP contribution in [-0.4, -0.2) is 51.9 Å². The van der Waals surface area contributed by atoms with Crippen LogP contribution in [0.4, 0.5) is 16.0 Å². The van der Waals surface area contributed by atoms with E-state index >= 15 is 0 Å². The van der Waals surface area contributed by atoms with Gasteiger partial charge in [-0.1, -0.05) is 6.07 Å². The number of hydrogen-bond acceptors (Lipinski definition) is 6. The first kappa shape index (κ1) is 18.8. The number of hydrogen-bond donors (Lipinski definition) is 1. The van der Waals surface area contributed by atoms with E-state index in [-0.39, 0.29) is 11.7 Å². The van der Waals surface area contributed by atoms with E-state index in [2.05, 4.69) is 25.2 Å². The summed E-state index contributed by atoms with van der Waals surface area (Å²) in [6.45, 7) is 3.02. The average molecular weight is 392 g/mol. The Hall–Kier alpha value is -3.55. The van der Waals surface area contributed by atoms with Crippen molar-refractivity contribution in [3.05, 3.63) is 78.1 Å². The highest BCUT2D eigenvalue weighted by Gasteiger charge is 2.23. The Morgan fingerprint density at radius 1 is 0.966 bits per heavy atom.